The van der Waals surface area contributed by atoms with E-state index in [1.807, 2.05) is 0 Å². The van der Waals surface area contributed by atoms with Gasteiger partial charge >= 0.3 is 7.12 Å². The van der Waals surface area contributed by atoms with Crippen LogP contribution in [0.25, 0.3) is 0 Å². The van der Waals surface area contributed by atoms with E-state index in [0.717, 1.165) is 6.21 Å². The summed E-state index contributed by atoms with van der Waals surface area (Å²) in [5, 5.41) is 24.7. The Balaban J connectivity index is 3.27. The first-order chi connectivity index (χ1) is 5.66. The van der Waals surface area contributed by atoms with Gasteiger partial charge in [0.1, 0.15) is 0 Å². The third kappa shape index (κ3) is 1.47. The van der Waals surface area contributed by atoms with Crippen LogP contribution in [-0.4, -0.2) is 23.4 Å². The minimum absolute atomic E-state index is 0.255. The number of hydrogen-bond donors (Lipinski definition) is 4. The third-order valence-electron chi connectivity index (χ3n) is 1.60. The molecule has 0 radical (unpaired) electrons. The lowest BCUT2D eigenvalue weighted by molar-refractivity contribution is 0.426. The highest BCUT2D eigenvalue weighted by atomic mass is 16.4. The zero-order valence-corrected chi connectivity index (χ0v) is 6.36. The highest BCUT2D eigenvalue weighted by molar-refractivity contribution is 6.60. The van der Waals surface area contributed by atoms with Crippen molar-refractivity contribution >= 4 is 24.5 Å². The van der Waals surface area contributed by atoms with Gasteiger partial charge in [-0.3, -0.25) is 0 Å². The second-order valence-electron chi connectivity index (χ2n) is 2.37. The second kappa shape index (κ2) is 3.38. The Bertz CT molecular complexity index is 301. The molecule has 0 aliphatic rings. The highest BCUT2D eigenvalue weighted by Crippen LogP contribution is 2.05. The van der Waals surface area contributed by atoms with Crippen molar-refractivity contribution in [3.63, 3.8) is 0 Å². The Morgan fingerprint density at radius 2 is 2.08 bits per heavy atom. The van der Waals surface area contributed by atoms with Crippen LogP contribution >= 0.6 is 0 Å². The first-order valence-corrected chi connectivity index (χ1v) is 3.42. The lowest BCUT2D eigenvalue weighted by Gasteiger charge is -2.05. The molecule has 12 heavy (non-hydrogen) atoms. The van der Waals surface area contributed by atoms with Crippen LogP contribution in [0.2, 0.25) is 0 Å². The van der Waals surface area contributed by atoms with Gasteiger partial charge in [0, 0.05) is 17.5 Å². The molecule has 0 spiro atoms. The van der Waals surface area contributed by atoms with Gasteiger partial charge < -0.3 is 21.2 Å². The topological polar surface area (TPSA) is 90.3 Å². The minimum atomic E-state index is -1.58. The molecule has 1 aromatic carbocycles. The van der Waals surface area contributed by atoms with Crippen LogP contribution in [0.15, 0.2) is 18.2 Å². The first kappa shape index (κ1) is 8.77. The standard InChI is InChI=1S/C7H9BN2O2/c9-4-5-6(8(11)12)2-1-3-7(5)10/h1-4,9,11-12H,10H2. The van der Waals surface area contributed by atoms with Gasteiger partial charge in [0.05, 0.1) is 0 Å². The van der Waals surface area contributed by atoms with Crippen molar-refractivity contribution in [2.24, 2.45) is 0 Å². The molecule has 62 valence electrons. The number of rotatable bonds is 2. The molecule has 5 heteroatoms. The summed E-state index contributed by atoms with van der Waals surface area (Å²) in [6.07, 6.45) is 1.00. The highest BCUT2D eigenvalue weighted by Gasteiger charge is 2.15. The number of benzene rings is 1. The molecule has 4 nitrogen and oxygen atoms in total. The Morgan fingerprint density at radius 1 is 1.42 bits per heavy atom. The van der Waals surface area contributed by atoms with Crippen molar-refractivity contribution in [1.82, 2.24) is 0 Å². The summed E-state index contributed by atoms with van der Waals surface area (Å²) in [6, 6.07) is 4.73. The SMILES string of the molecule is N=Cc1c(N)cccc1B(O)O. The molecule has 0 unspecified atom stereocenters. The Hall–Kier alpha value is -1.33. The smallest absolute Gasteiger partial charge is 0.423 e. The fraction of sp³-hybridized carbons (Fsp3) is 0. The molecule has 0 heterocycles. The molecule has 5 N–H and O–H groups in total. The average molecular weight is 164 g/mol. The molecule has 0 saturated heterocycles. The Morgan fingerprint density at radius 3 is 2.50 bits per heavy atom. The quantitative estimate of drug-likeness (QED) is 0.255. The van der Waals surface area contributed by atoms with Crippen molar-refractivity contribution in [2.45, 2.75) is 0 Å². The minimum Gasteiger partial charge on any atom is -0.423 e. The number of nitrogens with one attached hydrogen (secondary N) is 1. The summed E-state index contributed by atoms with van der Waals surface area (Å²) in [5.41, 5.74) is 6.48. The van der Waals surface area contributed by atoms with E-state index in [0.29, 0.717) is 11.3 Å². The molecule has 0 atom stereocenters. The van der Waals surface area contributed by atoms with E-state index in [2.05, 4.69) is 0 Å². The van der Waals surface area contributed by atoms with E-state index in [9.17, 15) is 0 Å². The molecule has 0 aliphatic heterocycles. The van der Waals surface area contributed by atoms with Gasteiger partial charge in [0.25, 0.3) is 0 Å². The summed E-state index contributed by atoms with van der Waals surface area (Å²) in [7, 11) is -1.58. The number of anilines is 1. The molecule has 1 aromatic rings. The maximum atomic E-state index is 8.86. The summed E-state index contributed by atoms with van der Waals surface area (Å²) < 4.78 is 0. The molecule has 0 aliphatic carbocycles. The van der Waals surface area contributed by atoms with Crippen molar-refractivity contribution in [2.75, 3.05) is 5.73 Å². The van der Waals surface area contributed by atoms with Crippen molar-refractivity contribution in [1.29, 1.82) is 5.41 Å². The molecule has 0 saturated carbocycles. The Labute approximate surface area is 70.3 Å². The van der Waals surface area contributed by atoms with E-state index in [4.69, 9.17) is 21.2 Å². The second-order valence-corrected chi connectivity index (χ2v) is 2.37. The van der Waals surface area contributed by atoms with E-state index in [1.165, 1.54) is 6.07 Å². The maximum absolute atomic E-state index is 8.86. The van der Waals surface area contributed by atoms with Crippen molar-refractivity contribution < 1.29 is 10.0 Å². The first-order valence-electron chi connectivity index (χ1n) is 3.42. The zero-order chi connectivity index (χ0) is 9.14. The molecule has 0 fully saturated rings. The summed E-state index contributed by atoms with van der Waals surface area (Å²) in [6.45, 7) is 0. The van der Waals surface area contributed by atoms with Gasteiger partial charge in [-0.2, -0.15) is 0 Å². The van der Waals surface area contributed by atoms with Crippen molar-refractivity contribution in [3.05, 3.63) is 23.8 Å². The zero-order valence-electron chi connectivity index (χ0n) is 6.36. The fourth-order valence-corrected chi connectivity index (χ4v) is 0.993. The lowest BCUT2D eigenvalue weighted by atomic mass is 9.77. The third-order valence-corrected chi connectivity index (χ3v) is 1.60. The van der Waals surface area contributed by atoms with Crippen LogP contribution in [0.5, 0.6) is 0 Å². The van der Waals surface area contributed by atoms with Gasteiger partial charge in [0.2, 0.25) is 0 Å². The lowest BCUT2D eigenvalue weighted by Crippen LogP contribution is -2.33. The van der Waals surface area contributed by atoms with Gasteiger partial charge in [-0.1, -0.05) is 12.1 Å². The van der Waals surface area contributed by atoms with Crippen LogP contribution in [0.3, 0.4) is 0 Å². The maximum Gasteiger partial charge on any atom is 0.489 e. The van der Waals surface area contributed by atoms with Gasteiger partial charge in [0.15, 0.2) is 0 Å². The van der Waals surface area contributed by atoms with Crippen LogP contribution < -0.4 is 11.2 Å². The summed E-state index contributed by atoms with van der Waals surface area (Å²) in [4.78, 5) is 0. The van der Waals surface area contributed by atoms with E-state index in [-0.39, 0.29) is 5.46 Å². The van der Waals surface area contributed by atoms with Crippen LogP contribution in [0.1, 0.15) is 5.56 Å². The average Bonchev–Trinajstić information content (AvgIpc) is 2.03. The monoisotopic (exact) mass is 164 g/mol. The predicted molar refractivity (Wildman–Crippen MR) is 48.6 cm³/mol. The van der Waals surface area contributed by atoms with Gasteiger partial charge in [-0.05, 0) is 11.5 Å². The molecule has 0 aromatic heterocycles. The normalized spacial score (nSPS) is 9.50. The fourth-order valence-electron chi connectivity index (χ4n) is 0.993. The van der Waals surface area contributed by atoms with Crippen LogP contribution in [0.4, 0.5) is 5.69 Å². The number of nitrogens with two attached hydrogens (primary N) is 1. The predicted octanol–water partition coefficient (Wildman–Crippen LogP) is -1.05. The molecular formula is C7H9BN2O2. The molecule has 0 amide bonds. The van der Waals surface area contributed by atoms with E-state index < -0.39 is 7.12 Å². The summed E-state index contributed by atoms with van der Waals surface area (Å²) in [5.74, 6) is 0. The molecule has 0 bridgehead atoms. The summed E-state index contributed by atoms with van der Waals surface area (Å²) >= 11 is 0. The van der Waals surface area contributed by atoms with Gasteiger partial charge in [-0.25, -0.2) is 0 Å². The Kier molecular flexibility index (Phi) is 2.47. The van der Waals surface area contributed by atoms with Crippen LogP contribution in [-0.2, 0) is 0 Å². The largest absolute Gasteiger partial charge is 0.489 e. The van der Waals surface area contributed by atoms with Crippen molar-refractivity contribution in [3.8, 4) is 0 Å². The van der Waals surface area contributed by atoms with Gasteiger partial charge in [-0.15, -0.1) is 0 Å². The van der Waals surface area contributed by atoms with E-state index in [1.54, 1.807) is 12.1 Å². The number of nitrogen functional groups attached to an aromatic ring is 1. The molecular weight excluding hydrogens is 155 g/mol. The van der Waals surface area contributed by atoms with E-state index >= 15 is 0 Å². The number of hydrogen-bond acceptors (Lipinski definition) is 4. The molecule has 1 rings (SSSR count). The van der Waals surface area contributed by atoms with Crippen LogP contribution in [0, 0.1) is 5.41 Å².